The van der Waals surface area contributed by atoms with Crippen LogP contribution in [0.1, 0.15) is 30.6 Å². The summed E-state index contributed by atoms with van der Waals surface area (Å²) in [5.41, 5.74) is 8.59. The summed E-state index contributed by atoms with van der Waals surface area (Å²) in [6.07, 6.45) is 1.83. The van der Waals surface area contributed by atoms with Crippen LogP contribution in [0.25, 0.3) is 10.4 Å². The minimum atomic E-state index is -1.36. The van der Waals surface area contributed by atoms with E-state index in [0.29, 0.717) is 11.3 Å². The van der Waals surface area contributed by atoms with Crippen molar-refractivity contribution in [2.24, 2.45) is 5.11 Å². The van der Waals surface area contributed by atoms with Crippen LogP contribution in [0.4, 0.5) is 0 Å². The second kappa shape index (κ2) is 6.74. The number of carbonyl (C=O) groups is 1. The smallest absolute Gasteiger partial charge is 0.314 e. The Kier molecular flexibility index (Phi) is 4.76. The SMILES string of the molecule is CC[C@](C(=O)O)(c1ccccc1)[C@@H](N=[N+]=[N-])c1ccccn1. The van der Waals surface area contributed by atoms with Gasteiger partial charge in [0.05, 0.1) is 11.7 Å². The van der Waals surface area contributed by atoms with Crippen molar-refractivity contribution in [1.29, 1.82) is 0 Å². The fourth-order valence-corrected chi connectivity index (χ4v) is 2.68. The van der Waals surface area contributed by atoms with Gasteiger partial charge in [0.2, 0.25) is 0 Å². The minimum absolute atomic E-state index is 0.270. The van der Waals surface area contributed by atoms with Crippen LogP contribution >= 0.6 is 0 Å². The van der Waals surface area contributed by atoms with Crippen LogP contribution in [0.5, 0.6) is 0 Å². The number of carboxylic acid groups (broad SMARTS) is 1. The molecule has 22 heavy (non-hydrogen) atoms. The van der Waals surface area contributed by atoms with Gasteiger partial charge in [0, 0.05) is 11.1 Å². The lowest BCUT2D eigenvalue weighted by Gasteiger charge is -2.34. The highest BCUT2D eigenvalue weighted by atomic mass is 16.4. The Morgan fingerprint density at radius 2 is 2.00 bits per heavy atom. The number of nitrogens with zero attached hydrogens (tertiary/aromatic N) is 4. The molecule has 6 nitrogen and oxygen atoms in total. The van der Waals surface area contributed by atoms with E-state index in [1.54, 1.807) is 55.6 Å². The highest BCUT2D eigenvalue weighted by molar-refractivity contribution is 5.82. The first-order valence-electron chi connectivity index (χ1n) is 6.91. The molecule has 112 valence electrons. The monoisotopic (exact) mass is 296 g/mol. The number of aliphatic carboxylic acids is 1. The average Bonchev–Trinajstić information content (AvgIpc) is 2.56. The highest BCUT2D eigenvalue weighted by Gasteiger charge is 2.47. The molecule has 2 atom stereocenters. The molecule has 0 aliphatic heterocycles. The van der Waals surface area contributed by atoms with E-state index in [1.165, 1.54) is 0 Å². The minimum Gasteiger partial charge on any atom is -0.481 e. The molecule has 0 fully saturated rings. The fraction of sp³-hybridized carbons (Fsp3) is 0.250. The summed E-state index contributed by atoms with van der Waals surface area (Å²) in [6.45, 7) is 1.77. The molecule has 0 spiro atoms. The molecule has 1 heterocycles. The van der Waals surface area contributed by atoms with E-state index in [2.05, 4.69) is 15.0 Å². The van der Waals surface area contributed by atoms with Gasteiger partial charge in [0.1, 0.15) is 5.41 Å². The van der Waals surface area contributed by atoms with Crippen LogP contribution in [-0.4, -0.2) is 16.1 Å². The Balaban J connectivity index is 2.70. The lowest BCUT2D eigenvalue weighted by Crippen LogP contribution is -2.41. The Morgan fingerprint density at radius 1 is 1.32 bits per heavy atom. The van der Waals surface area contributed by atoms with Gasteiger partial charge in [-0.25, -0.2) is 0 Å². The van der Waals surface area contributed by atoms with Gasteiger partial charge in [-0.2, -0.15) is 0 Å². The summed E-state index contributed by atoms with van der Waals surface area (Å²) in [6, 6.07) is 13.1. The van der Waals surface area contributed by atoms with Crippen LogP contribution in [0.15, 0.2) is 59.8 Å². The number of hydrogen-bond acceptors (Lipinski definition) is 3. The average molecular weight is 296 g/mol. The van der Waals surface area contributed by atoms with Gasteiger partial charge in [-0.1, -0.05) is 48.4 Å². The molecule has 0 saturated heterocycles. The zero-order valence-electron chi connectivity index (χ0n) is 12.1. The first-order chi connectivity index (χ1) is 10.7. The Labute approximate surface area is 128 Å². The van der Waals surface area contributed by atoms with Crippen molar-refractivity contribution in [3.8, 4) is 0 Å². The third kappa shape index (κ3) is 2.64. The van der Waals surface area contributed by atoms with Gasteiger partial charge in [0.25, 0.3) is 0 Å². The lowest BCUT2D eigenvalue weighted by molar-refractivity contribution is -0.145. The Morgan fingerprint density at radius 3 is 2.50 bits per heavy atom. The van der Waals surface area contributed by atoms with Crippen LogP contribution in [-0.2, 0) is 10.2 Å². The van der Waals surface area contributed by atoms with Gasteiger partial charge < -0.3 is 5.11 Å². The Hall–Kier alpha value is -2.85. The number of benzene rings is 1. The van der Waals surface area contributed by atoms with Crippen molar-refractivity contribution >= 4 is 5.97 Å². The van der Waals surface area contributed by atoms with Crippen LogP contribution in [0, 0.1) is 0 Å². The molecular weight excluding hydrogens is 280 g/mol. The van der Waals surface area contributed by atoms with Gasteiger partial charge >= 0.3 is 5.97 Å². The molecular formula is C16H16N4O2. The molecule has 0 aliphatic rings. The van der Waals surface area contributed by atoms with Crippen molar-refractivity contribution in [2.45, 2.75) is 24.8 Å². The third-order valence-electron chi connectivity index (χ3n) is 3.83. The summed E-state index contributed by atoms with van der Waals surface area (Å²) in [5.74, 6) is -1.04. The maximum atomic E-state index is 12.1. The molecule has 0 unspecified atom stereocenters. The fourth-order valence-electron chi connectivity index (χ4n) is 2.68. The molecule has 1 aromatic heterocycles. The summed E-state index contributed by atoms with van der Waals surface area (Å²) in [7, 11) is 0. The maximum Gasteiger partial charge on any atom is 0.314 e. The van der Waals surface area contributed by atoms with E-state index in [0.717, 1.165) is 0 Å². The quantitative estimate of drug-likeness (QED) is 0.497. The summed E-state index contributed by atoms with van der Waals surface area (Å²) in [4.78, 5) is 19.2. The molecule has 1 N–H and O–H groups in total. The van der Waals surface area contributed by atoms with Crippen molar-refractivity contribution in [3.05, 3.63) is 76.4 Å². The maximum absolute atomic E-state index is 12.1. The van der Waals surface area contributed by atoms with E-state index in [-0.39, 0.29) is 6.42 Å². The normalized spacial score (nSPS) is 14.4. The summed E-state index contributed by atoms with van der Waals surface area (Å²) < 4.78 is 0. The predicted molar refractivity (Wildman–Crippen MR) is 82.2 cm³/mol. The number of pyridine rings is 1. The number of carboxylic acids is 1. The highest BCUT2D eigenvalue weighted by Crippen LogP contribution is 2.42. The second-order valence-electron chi connectivity index (χ2n) is 4.86. The first kappa shape index (κ1) is 15.5. The van der Waals surface area contributed by atoms with Crippen molar-refractivity contribution < 1.29 is 9.90 Å². The van der Waals surface area contributed by atoms with E-state index in [9.17, 15) is 9.90 Å². The molecule has 0 saturated carbocycles. The lowest BCUT2D eigenvalue weighted by atomic mass is 9.71. The number of hydrogen-bond donors (Lipinski definition) is 1. The summed E-state index contributed by atoms with van der Waals surface area (Å²) >= 11 is 0. The zero-order chi connectivity index (χ0) is 16.0. The van der Waals surface area contributed by atoms with E-state index >= 15 is 0 Å². The molecule has 0 amide bonds. The first-order valence-corrected chi connectivity index (χ1v) is 6.91. The molecule has 2 rings (SSSR count). The standard InChI is InChI=1S/C16H16N4O2/c1-2-16(15(21)22,12-8-4-3-5-9-12)14(19-20-17)13-10-6-7-11-18-13/h3-11,14H,2H2,1H3,(H,21,22)/t14-,16-/m0/s1. The summed E-state index contributed by atoms with van der Waals surface area (Å²) in [5, 5.41) is 13.7. The number of rotatable bonds is 6. The molecule has 1 aromatic carbocycles. The van der Waals surface area contributed by atoms with Crippen LogP contribution in [0.2, 0.25) is 0 Å². The van der Waals surface area contributed by atoms with Gasteiger partial charge in [0.15, 0.2) is 0 Å². The van der Waals surface area contributed by atoms with Gasteiger partial charge in [-0.15, -0.1) is 0 Å². The molecule has 0 radical (unpaired) electrons. The van der Waals surface area contributed by atoms with Crippen LogP contribution in [0.3, 0.4) is 0 Å². The molecule has 6 heteroatoms. The predicted octanol–water partition coefficient (Wildman–Crippen LogP) is 3.87. The number of aromatic nitrogens is 1. The van der Waals surface area contributed by atoms with E-state index in [4.69, 9.17) is 5.53 Å². The molecule has 0 aliphatic carbocycles. The van der Waals surface area contributed by atoms with E-state index in [1.807, 2.05) is 6.07 Å². The van der Waals surface area contributed by atoms with E-state index < -0.39 is 17.4 Å². The third-order valence-corrected chi connectivity index (χ3v) is 3.83. The second-order valence-corrected chi connectivity index (χ2v) is 4.86. The number of azide groups is 1. The molecule has 2 aromatic rings. The van der Waals surface area contributed by atoms with Crippen molar-refractivity contribution in [3.63, 3.8) is 0 Å². The van der Waals surface area contributed by atoms with Crippen molar-refractivity contribution in [1.82, 2.24) is 4.98 Å². The largest absolute Gasteiger partial charge is 0.481 e. The Bertz CT molecular complexity index is 684. The zero-order valence-corrected chi connectivity index (χ0v) is 12.1. The van der Waals surface area contributed by atoms with Gasteiger partial charge in [-0.05, 0) is 29.6 Å². The van der Waals surface area contributed by atoms with Crippen molar-refractivity contribution in [2.75, 3.05) is 0 Å². The topological polar surface area (TPSA) is 99.0 Å². The van der Waals surface area contributed by atoms with Gasteiger partial charge in [-0.3, -0.25) is 9.78 Å². The van der Waals surface area contributed by atoms with Crippen LogP contribution < -0.4 is 0 Å². The molecule has 0 bridgehead atoms.